The van der Waals surface area contributed by atoms with Crippen LogP contribution in [0, 0.1) is 0 Å². The van der Waals surface area contributed by atoms with Crippen molar-refractivity contribution in [3.8, 4) is 5.75 Å². The van der Waals surface area contributed by atoms with Gasteiger partial charge in [0.25, 0.3) is 0 Å². The minimum Gasteiger partial charge on any atom is -0.508 e. The number of morpholine rings is 1. The summed E-state index contributed by atoms with van der Waals surface area (Å²) < 4.78 is 5.43. The Morgan fingerprint density at radius 2 is 2.18 bits per heavy atom. The molecule has 1 aliphatic rings. The maximum atomic E-state index is 12.0. The first-order valence-electron chi connectivity index (χ1n) is 5.81. The van der Waals surface area contributed by atoms with Gasteiger partial charge in [-0.2, -0.15) is 0 Å². The van der Waals surface area contributed by atoms with Crippen LogP contribution < -0.4 is 0 Å². The highest BCUT2D eigenvalue weighted by Gasteiger charge is 2.19. The normalized spacial score (nSPS) is 21.4. The molecule has 0 radical (unpaired) electrons. The highest BCUT2D eigenvalue weighted by molar-refractivity contribution is 5.97. The van der Waals surface area contributed by atoms with E-state index in [1.54, 1.807) is 12.1 Å². The van der Waals surface area contributed by atoms with Gasteiger partial charge in [0.15, 0.2) is 5.78 Å². The first kappa shape index (κ1) is 12.1. The quantitative estimate of drug-likeness (QED) is 0.802. The molecule has 4 heteroatoms. The number of phenols is 1. The molecule has 0 bridgehead atoms. The monoisotopic (exact) mass is 235 g/mol. The van der Waals surface area contributed by atoms with E-state index in [1.807, 2.05) is 6.92 Å². The van der Waals surface area contributed by atoms with Crippen molar-refractivity contribution in [2.45, 2.75) is 13.0 Å². The fourth-order valence-electron chi connectivity index (χ4n) is 1.98. The number of phenolic OH excluding ortho intramolecular Hbond substituents is 1. The minimum atomic E-state index is 0.0825. The SMILES string of the molecule is CC1CN(CC(=O)c2ccc(O)cc2)CCO1. The molecule has 92 valence electrons. The number of nitrogens with zero attached hydrogens (tertiary/aromatic N) is 1. The number of ether oxygens (including phenoxy) is 1. The van der Waals surface area contributed by atoms with Crippen molar-refractivity contribution in [2.75, 3.05) is 26.2 Å². The number of benzene rings is 1. The minimum absolute atomic E-state index is 0.0825. The van der Waals surface area contributed by atoms with Crippen LogP contribution in [0.25, 0.3) is 0 Å². The molecule has 4 nitrogen and oxygen atoms in total. The van der Waals surface area contributed by atoms with Crippen molar-refractivity contribution in [3.63, 3.8) is 0 Å². The van der Waals surface area contributed by atoms with E-state index < -0.39 is 0 Å². The van der Waals surface area contributed by atoms with Crippen LogP contribution in [0.1, 0.15) is 17.3 Å². The van der Waals surface area contributed by atoms with E-state index in [1.165, 1.54) is 12.1 Å². The van der Waals surface area contributed by atoms with Crippen LogP contribution in [-0.4, -0.2) is 48.1 Å². The number of carbonyl (C=O) groups excluding carboxylic acids is 1. The summed E-state index contributed by atoms with van der Waals surface area (Å²) in [5.74, 6) is 0.264. The van der Waals surface area contributed by atoms with Gasteiger partial charge in [-0.1, -0.05) is 0 Å². The third-order valence-corrected chi connectivity index (χ3v) is 2.88. The van der Waals surface area contributed by atoms with Crippen LogP contribution in [0.5, 0.6) is 5.75 Å². The highest BCUT2D eigenvalue weighted by Crippen LogP contribution is 2.11. The Balaban J connectivity index is 1.94. The Morgan fingerprint density at radius 3 is 2.82 bits per heavy atom. The van der Waals surface area contributed by atoms with Crippen molar-refractivity contribution in [1.82, 2.24) is 4.90 Å². The Kier molecular flexibility index (Phi) is 3.76. The molecular formula is C13H17NO3. The second-order valence-electron chi connectivity index (χ2n) is 4.39. The van der Waals surface area contributed by atoms with Gasteiger partial charge < -0.3 is 9.84 Å². The molecule has 1 heterocycles. The molecule has 1 aromatic carbocycles. The third kappa shape index (κ3) is 3.28. The molecule has 0 saturated carbocycles. The molecule has 1 aromatic rings. The van der Waals surface area contributed by atoms with Gasteiger partial charge in [0.05, 0.1) is 19.3 Å². The van der Waals surface area contributed by atoms with Gasteiger partial charge in [0.1, 0.15) is 5.75 Å². The second kappa shape index (κ2) is 5.29. The fraction of sp³-hybridized carbons (Fsp3) is 0.462. The van der Waals surface area contributed by atoms with Crippen LogP contribution >= 0.6 is 0 Å². The maximum Gasteiger partial charge on any atom is 0.176 e. The Labute approximate surface area is 101 Å². The van der Waals surface area contributed by atoms with Crippen molar-refractivity contribution in [2.24, 2.45) is 0 Å². The predicted octanol–water partition coefficient (Wildman–Crippen LogP) is 1.30. The van der Waals surface area contributed by atoms with E-state index in [0.29, 0.717) is 18.7 Å². The lowest BCUT2D eigenvalue weighted by Gasteiger charge is -2.30. The van der Waals surface area contributed by atoms with Crippen LogP contribution in [0.4, 0.5) is 0 Å². The molecule has 17 heavy (non-hydrogen) atoms. The molecule has 0 aliphatic carbocycles. The standard InChI is InChI=1S/C13H17NO3/c1-10-8-14(6-7-17-10)9-13(16)11-2-4-12(15)5-3-11/h2-5,10,15H,6-9H2,1H3. The average molecular weight is 235 g/mol. The number of Topliss-reactive ketones (excluding diaryl/α,β-unsaturated/α-hetero) is 1. The highest BCUT2D eigenvalue weighted by atomic mass is 16.5. The fourth-order valence-corrected chi connectivity index (χ4v) is 1.98. The third-order valence-electron chi connectivity index (χ3n) is 2.88. The van der Waals surface area contributed by atoms with Crippen molar-refractivity contribution in [1.29, 1.82) is 0 Å². The summed E-state index contributed by atoms with van der Waals surface area (Å²) in [7, 11) is 0. The molecule has 1 atom stereocenters. The topological polar surface area (TPSA) is 49.8 Å². The summed E-state index contributed by atoms with van der Waals surface area (Å²) in [6, 6.07) is 6.38. The molecule has 1 fully saturated rings. The predicted molar refractivity (Wildman–Crippen MR) is 64.3 cm³/mol. The van der Waals surface area contributed by atoms with Crippen LogP contribution in [0.3, 0.4) is 0 Å². The zero-order valence-corrected chi connectivity index (χ0v) is 9.93. The number of aromatic hydroxyl groups is 1. The molecule has 1 N–H and O–H groups in total. The smallest absolute Gasteiger partial charge is 0.176 e. The largest absolute Gasteiger partial charge is 0.508 e. The van der Waals surface area contributed by atoms with E-state index in [4.69, 9.17) is 9.84 Å². The molecule has 0 amide bonds. The number of hydrogen-bond donors (Lipinski definition) is 1. The van der Waals surface area contributed by atoms with Crippen LogP contribution in [0.2, 0.25) is 0 Å². The maximum absolute atomic E-state index is 12.0. The van der Waals surface area contributed by atoms with Gasteiger partial charge in [0, 0.05) is 18.7 Å². The lowest BCUT2D eigenvalue weighted by atomic mass is 10.1. The number of carbonyl (C=O) groups is 1. The summed E-state index contributed by atoms with van der Waals surface area (Å²) >= 11 is 0. The molecular weight excluding hydrogens is 218 g/mol. The van der Waals surface area contributed by atoms with Gasteiger partial charge in [-0.25, -0.2) is 0 Å². The summed E-state index contributed by atoms with van der Waals surface area (Å²) in [4.78, 5) is 14.1. The average Bonchev–Trinajstić information content (AvgIpc) is 2.29. The van der Waals surface area contributed by atoms with E-state index in [2.05, 4.69) is 4.90 Å². The summed E-state index contributed by atoms with van der Waals surface area (Å²) in [6.07, 6.45) is 0.191. The van der Waals surface area contributed by atoms with Crippen molar-refractivity contribution < 1.29 is 14.6 Å². The first-order chi connectivity index (χ1) is 8.15. The molecule has 0 spiro atoms. The Bertz CT molecular complexity index is 388. The van der Waals surface area contributed by atoms with Crippen LogP contribution in [-0.2, 0) is 4.74 Å². The van der Waals surface area contributed by atoms with Gasteiger partial charge in [0.2, 0.25) is 0 Å². The zero-order valence-electron chi connectivity index (χ0n) is 9.93. The Hall–Kier alpha value is -1.39. The van der Waals surface area contributed by atoms with Gasteiger partial charge in [-0.05, 0) is 31.2 Å². The molecule has 1 saturated heterocycles. The summed E-state index contributed by atoms with van der Waals surface area (Å²) in [6.45, 7) is 4.71. The molecule has 0 aromatic heterocycles. The van der Waals surface area contributed by atoms with E-state index in [9.17, 15) is 4.79 Å². The van der Waals surface area contributed by atoms with Crippen LogP contribution in [0.15, 0.2) is 24.3 Å². The number of ketones is 1. The zero-order chi connectivity index (χ0) is 12.3. The van der Waals surface area contributed by atoms with E-state index >= 15 is 0 Å². The molecule has 2 rings (SSSR count). The lowest BCUT2D eigenvalue weighted by Crippen LogP contribution is -2.43. The van der Waals surface area contributed by atoms with Crippen molar-refractivity contribution in [3.05, 3.63) is 29.8 Å². The Morgan fingerprint density at radius 1 is 1.47 bits per heavy atom. The first-order valence-corrected chi connectivity index (χ1v) is 5.81. The second-order valence-corrected chi connectivity index (χ2v) is 4.39. The van der Waals surface area contributed by atoms with Crippen molar-refractivity contribution >= 4 is 5.78 Å². The number of hydrogen-bond acceptors (Lipinski definition) is 4. The molecule has 1 aliphatic heterocycles. The van der Waals surface area contributed by atoms with Gasteiger partial charge >= 0.3 is 0 Å². The molecule has 1 unspecified atom stereocenters. The van der Waals surface area contributed by atoms with Gasteiger partial charge in [-0.15, -0.1) is 0 Å². The van der Waals surface area contributed by atoms with E-state index in [0.717, 1.165) is 13.1 Å². The van der Waals surface area contributed by atoms with Gasteiger partial charge in [-0.3, -0.25) is 9.69 Å². The van der Waals surface area contributed by atoms with E-state index in [-0.39, 0.29) is 17.6 Å². The summed E-state index contributed by atoms with van der Waals surface area (Å²) in [5, 5.41) is 9.16. The summed E-state index contributed by atoms with van der Waals surface area (Å²) in [5.41, 5.74) is 0.641. The number of rotatable bonds is 3. The lowest BCUT2D eigenvalue weighted by molar-refractivity contribution is -0.0158.